The topological polar surface area (TPSA) is 62.1 Å². The number of benzene rings is 1. The van der Waals surface area contributed by atoms with Crippen LogP contribution in [0.5, 0.6) is 0 Å². The molecule has 0 amide bonds. The van der Waals surface area contributed by atoms with Crippen molar-refractivity contribution in [3.63, 3.8) is 0 Å². The van der Waals surface area contributed by atoms with Gasteiger partial charge in [0.15, 0.2) is 0 Å². The fraction of sp³-hybridized carbons (Fsp3) is 0.385. The maximum absolute atomic E-state index is 12.8. The second-order valence-electron chi connectivity index (χ2n) is 3.99. The molecule has 1 unspecified atom stereocenters. The van der Waals surface area contributed by atoms with Gasteiger partial charge in [0.1, 0.15) is 6.04 Å². The highest BCUT2D eigenvalue weighted by atomic mass is 19.4. The van der Waals surface area contributed by atoms with Gasteiger partial charge in [0.05, 0.1) is 23.8 Å². The number of nitrogens with one attached hydrogen (secondary N) is 1. The lowest BCUT2D eigenvalue weighted by atomic mass is 10.1. The fourth-order valence-electron chi connectivity index (χ4n) is 1.54. The van der Waals surface area contributed by atoms with E-state index in [0.29, 0.717) is 0 Å². The summed E-state index contributed by atoms with van der Waals surface area (Å²) in [6.07, 6.45) is -4.63. The largest absolute Gasteiger partial charge is 0.464 e. The molecule has 20 heavy (non-hydrogen) atoms. The normalized spacial score (nSPS) is 12.4. The van der Waals surface area contributed by atoms with E-state index in [1.807, 2.05) is 0 Å². The maximum Gasteiger partial charge on any atom is 0.417 e. The summed E-state index contributed by atoms with van der Waals surface area (Å²) in [6.45, 7) is 3.30. The van der Waals surface area contributed by atoms with Crippen molar-refractivity contribution in [2.45, 2.75) is 26.1 Å². The van der Waals surface area contributed by atoms with Crippen LogP contribution >= 0.6 is 0 Å². The first-order valence-electron chi connectivity index (χ1n) is 5.84. The van der Waals surface area contributed by atoms with Crippen LogP contribution in [0.1, 0.15) is 25.0 Å². The maximum atomic E-state index is 12.8. The summed E-state index contributed by atoms with van der Waals surface area (Å²) >= 11 is 0. The molecule has 0 heterocycles. The number of anilines is 1. The SMILES string of the molecule is CCOC(=O)C(C)Nc1ccc(C#N)c(C(F)(F)F)c1. The van der Waals surface area contributed by atoms with Crippen molar-refractivity contribution in [2.75, 3.05) is 11.9 Å². The molecule has 0 aliphatic heterocycles. The van der Waals surface area contributed by atoms with Crippen LogP contribution in [0.15, 0.2) is 18.2 Å². The lowest BCUT2D eigenvalue weighted by molar-refractivity contribution is -0.143. The smallest absolute Gasteiger partial charge is 0.417 e. The van der Waals surface area contributed by atoms with Crippen molar-refractivity contribution >= 4 is 11.7 Å². The van der Waals surface area contributed by atoms with Crippen molar-refractivity contribution in [3.05, 3.63) is 29.3 Å². The summed E-state index contributed by atoms with van der Waals surface area (Å²) in [5, 5.41) is 11.3. The number of halogens is 3. The van der Waals surface area contributed by atoms with Crippen LogP contribution in [0.3, 0.4) is 0 Å². The fourth-order valence-corrected chi connectivity index (χ4v) is 1.54. The standard InChI is InChI=1S/C13H13F3N2O2/c1-3-20-12(19)8(2)18-10-5-4-9(7-17)11(6-10)13(14,15)16/h4-6,8,18H,3H2,1-2H3. The van der Waals surface area contributed by atoms with Gasteiger partial charge in [0, 0.05) is 5.69 Å². The zero-order valence-corrected chi connectivity index (χ0v) is 10.9. The van der Waals surface area contributed by atoms with Gasteiger partial charge in [-0.05, 0) is 32.0 Å². The lowest BCUT2D eigenvalue weighted by Gasteiger charge is -2.16. The van der Waals surface area contributed by atoms with Crippen LogP contribution in [0.25, 0.3) is 0 Å². The monoisotopic (exact) mass is 286 g/mol. The third-order valence-electron chi connectivity index (χ3n) is 2.47. The number of ether oxygens (including phenoxy) is 1. The summed E-state index contributed by atoms with van der Waals surface area (Å²) in [5.74, 6) is -0.564. The molecule has 0 aliphatic rings. The Morgan fingerprint density at radius 1 is 1.50 bits per heavy atom. The number of hydrogen-bond acceptors (Lipinski definition) is 4. The molecule has 0 radical (unpaired) electrons. The van der Waals surface area contributed by atoms with Gasteiger partial charge in [-0.2, -0.15) is 18.4 Å². The van der Waals surface area contributed by atoms with Crippen LogP contribution in [0.4, 0.5) is 18.9 Å². The van der Waals surface area contributed by atoms with Crippen LogP contribution in [-0.2, 0) is 15.7 Å². The molecule has 1 rings (SSSR count). The van der Waals surface area contributed by atoms with Crippen LogP contribution in [0.2, 0.25) is 0 Å². The first-order valence-corrected chi connectivity index (χ1v) is 5.84. The van der Waals surface area contributed by atoms with E-state index < -0.39 is 29.3 Å². The summed E-state index contributed by atoms with van der Waals surface area (Å²) in [6, 6.07) is 3.87. The highest BCUT2D eigenvalue weighted by molar-refractivity contribution is 5.78. The van der Waals surface area contributed by atoms with Crippen molar-refractivity contribution < 1.29 is 22.7 Å². The Balaban J connectivity index is 2.99. The van der Waals surface area contributed by atoms with Crippen molar-refractivity contribution in [3.8, 4) is 6.07 Å². The number of esters is 1. The molecular weight excluding hydrogens is 273 g/mol. The number of rotatable bonds is 4. The van der Waals surface area contributed by atoms with Crippen molar-refractivity contribution in [1.82, 2.24) is 0 Å². The molecule has 0 bridgehead atoms. The van der Waals surface area contributed by atoms with Gasteiger partial charge in [-0.3, -0.25) is 0 Å². The average Bonchev–Trinajstić information content (AvgIpc) is 2.37. The molecule has 108 valence electrons. The molecule has 1 aromatic rings. The van der Waals surface area contributed by atoms with Crippen LogP contribution in [-0.4, -0.2) is 18.6 Å². The van der Waals surface area contributed by atoms with Gasteiger partial charge in [-0.25, -0.2) is 4.79 Å². The third kappa shape index (κ3) is 3.88. The molecule has 0 aliphatic carbocycles. The van der Waals surface area contributed by atoms with Gasteiger partial charge in [-0.15, -0.1) is 0 Å². The molecule has 4 nitrogen and oxygen atoms in total. The van der Waals surface area contributed by atoms with E-state index in [-0.39, 0.29) is 12.3 Å². The Kier molecular flexibility index (Phi) is 4.97. The van der Waals surface area contributed by atoms with Crippen LogP contribution < -0.4 is 5.32 Å². The number of nitriles is 1. The van der Waals surface area contributed by atoms with Gasteiger partial charge >= 0.3 is 12.1 Å². The first kappa shape index (κ1) is 15.8. The quantitative estimate of drug-likeness (QED) is 0.864. The molecule has 0 fully saturated rings. The average molecular weight is 286 g/mol. The minimum Gasteiger partial charge on any atom is -0.464 e. The molecule has 1 N–H and O–H groups in total. The van der Waals surface area contributed by atoms with Crippen molar-refractivity contribution in [2.24, 2.45) is 0 Å². The molecule has 7 heteroatoms. The van der Waals surface area contributed by atoms with E-state index in [2.05, 4.69) is 5.32 Å². The second kappa shape index (κ2) is 6.28. The second-order valence-corrected chi connectivity index (χ2v) is 3.99. The molecular formula is C13H13F3N2O2. The highest BCUT2D eigenvalue weighted by Crippen LogP contribution is 2.33. The van der Waals surface area contributed by atoms with Crippen LogP contribution in [0, 0.1) is 11.3 Å². The van der Waals surface area contributed by atoms with E-state index in [9.17, 15) is 18.0 Å². The number of carbonyl (C=O) groups excluding carboxylic acids is 1. The number of alkyl halides is 3. The minimum absolute atomic E-state index is 0.0943. The molecule has 0 saturated carbocycles. The van der Waals surface area contributed by atoms with Gasteiger partial charge in [0.2, 0.25) is 0 Å². The van der Waals surface area contributed by atoms with E-state index in [4.69, 9.17) is 10.00 Å². The van der Waals surface area contributed by atoms with E-state index >= 15 is 0 Å². The Morgan fingerprint density at radius 3 is 2.65 bits per heavy atom. The van der Waals surface area contributed by atoms with Gasteiger partial charge in [0.25, 0.3) is 0 Å². The Labute approximate surface area is 114 Å². The van der Waals surface area contributed by atoms with E-state index in [1.54, 1.807) is 6.92 Å². The molecule has 1 aromatic carbocycles. The Bertz CT molecular complexity index is 535. The number of nitrogens with zero attached hydrogens (tertiary/aromatic N) is 1. The minimum atomic E-state index is -4.63. The molecule has 0 saturated heterocycles. The Hall–Kier alpha value is -2.23. The summed E-state index contributed by atoms with van der Waals surface area (Å²) < 4.78 is 43.0. The van der Waals surface area contributed by atoms with E-state index in [1.165, 1.54) is 19.1 Å². The van der Waals surface area contributed by atoms with Gasteiger partial charge in [-0.1, -0.05) is 0 Å². The first-order chi connectivity index (χ1) is 9.29. The lowest BCUT2D eigenvalue weighted by Crippen LogP contribution is -2.28. The highest BCUT2D eigenvalue weighted by Gasteiger charge is 2.34. The number of carbonyl (C=O) groups is 1. The Morgan fingerprint density at radius 2 is 2.15 bits per heavy atom. The third-order valence-corrected chi connectivity index (χ3v) is 2.47. The molecule has 0 aromatic heterocycles. The van der Waals surface area contributed by atoms with Crippen molar-refractivity contribution in [1.29, 1.82) is 5.26 Å². The summed E-state index contributed by atoms with van der Waals surface area (Å²) in [5.41, 5.74) is -1.41. The summed E-state index contributed by atoms with van der Waals surface area (Å²) in [7, 11) is 0. The summed E-state index contributed by atoms with van der Waals surface area (Å²) in [4.78, 5) is 11.4. The zero-order chi connectivity index (χ0) is 15.3. The predicted octanol–water partition coefficient (Wildman–Crippen LogP) is 2.94. The molecule has 1 atom stereocenters. The number of hydrogen-bond donors (Lipinski definition) is 1. The van der Waals surface area contributed by atoms with Gasteiger partial charge < -0.3 is 10.1 Å². The predicted molar refractivity (Wildman–Crippen MR) is 65.9 cm³/mol. The zero-order valence-electron chi connectivity index (χ0n) is 10.9. The molecule has 0 spiro atoms. The van der Waals surface area contributed by atoms with E-state index in [0.717, 1.165) is 12.1 Å².